The average Bonchev–Trinajstić information content (AvgIpc) is 2.64. The van der Waals surface area contributed by atoms with Gasteiger partial charge in [0, 0.05) is 31.5 Å². The van der Waals surface area contributed by atoms with Gasteiger partial charge in [-0.1, -0.05) is 12.1 Å². The Hall–Kier alpha value is -2.43. The number of anilines is 1. The molecule has 1 fully saturated rings. The summed E-state index contributed by atoms with van der Waals surface area (Å²) in [4.78, 5) is 18.6. The fourth-order valence-corrected chi connectivity index (χ4v) is 2.92. The summed E-state index contributed by atoms with van der Waals surface area (Å²) in [6, 6.07) is 10.2. The Morgan fingerprint density at radius 1 is 1.12 bits per heavy atom. The predicted octanol–water partition coefficient (Wildman–Crippen LogP) is 3.50. The molecule has 0 bridgehead atoms. The van der Waals surface area contributed by atoms with Gasteiger partial charge in [0.2, 0.25) is 0 Å². The first-order valence-electron chi connectivity index (χ1n) is 8.46. The lowest BCUT2D eigenvalue weighted by Gasteiger charge is -2.26. The number of nitrogens with one attached hydrogen (secondary N) is 1. The van der Waals surface area contributed by atoms with Crippen molar-refractivity contribution in [2.75, 3.05) is 25.0 Å². The largest absolute Gasteiger partial charge is 0.385 e. The maximum atomic E-state index is 12.9. The van der Waals surface area contributed by atoms with Crippen LogP contribution in [0.25, 0.3) is 0 Å². The Balaban J connectivity index is 1.56. The molecule has 1 aromatic carbocycles. The highest BCUT2D eigenvalue weighted by atomic mass is 19.1. The van der Waals surface area contributed by atoms with Crippen molar-refractivity contribution in [2.24, 2.45) is 0 Å². The maximum absolute atomic E-state index is 12.9. The lowest BCUT2D eigenvalue weighted by molar-refractivity contribution is 0.0718. The van der Waals surface area contributed by atoms with Gasteiger partial charge in [-0.05, 0) is 55.5 Å². The minimum Gasteiger partial charge on any atom is -0.385 e. The van der Waals surface area contributed by atoms with Crippen LogP contribution in [0.1, 0.15) is 35.3 Å². The summed E-state index contributed by atoms with van der Waals surface area (Å²) >= 11 is 0. The molecule has 1 aliphatic heterocycles. The van der Waals surface area contributed by atoms with Gasteiger partial charge < -0.3 is 10.2 Å². The molecule has 0 saturated carbocycles. The number of carbonyl (C=O) groups is 1. The quantitative estimate of drug-likeness (QED) is 0.914. The minimum atomic E-state index is -0.221. The third-order valence-electron chi connectivity index (χ3n) is 4.28. The summed E-state index contributed by atoms with van der Waals surface area (Å²) in [6.45, 7) is 2.36. The van der Waals surface area contributed by atoms with Gasteiger partial charge in [-0.15, -0.1) is 0 Å². The number of amides is 1. The Morgan fingerprint density at radius 2 is 1.88 bits per heavy atom. The molecule has 0 aliphatic carbocycles. The molecule has 0 atom stereocenters. The highest BCUT2D eigenvalue weighted by Gasteiger charge is 2.19. The summed E-state index contributed by atoms with van der Waals surface area (Å²) < 4.78 is 12.9. The lowest BCUT2D eigenvalue weighted by Crippen LogP contribution is -2.36. The first-order chi connectivity index (χ1) is 11.7. The number of nitrogens with zero attached hydrogens (tertiary/aromatic N) is 2. The van der Waals surface area contributed by atoms with Crippen LogP contribution in [0.3, 0.4) is 0 Å². The van der Waals surface area contributed by atoms with Crippen molar-refractivity contribution in [1.29, 1.82) is 0 Å². The van der Waals surface area contributed by atoms with Crippen molar-refractivity contribution < 1.29 is 9.18 Å². The molecule has 2 aromatic rings. The normalized spacial score (nSPS) is 14.5. The molecule has 1 N–H and O–H groups in total. The van der Waals surface area contributed by atoms with E-state index in [0.29, 0.717) is 12.2 Å². The van der Waals surface area contributed by atoms with Gasteiger partial charge in [0.1, 0.15) is 11.5 Å². The molecular formula is C19H22FN3O. The van der Waals surface area contributed by atoms with Gasteiger partial charge in [-0.25, -0.2) is 4.39 Å². The van der Waals surface area contributed by atoms with Gasteiger partial charge in [-0.2, -0.15) is 0 Å². The average molecular weight is 327 g/mol. The SMILES string of the molecule is O=C(c1cc(NCCc2ccc(F)cc2)ccn1)N1CCCCC1. The van der Waals surface area contributed by atoms with E-state index in [1.54, 1.807) is 18.3 Å². The van der Waals surface area contributed by atoms with Crippen LogP contribution in [-0.4, -0.2) is 35.4 Å². The van der Waals surface area contributed by atoms with Crippen molar-refractivity contribution in [3.05, 3.63) is 59.7 Å². The molecule has 0 spiro atoms. The van der Waals surface area contributed by atoms with E-state index in [1.807, 2.05) is 17.0 Å². The topological polar surface area (TPSA) is 45.2 Å². The van der Waals surface area contributed by atoms with Crippen molar-refractivity contribution in [3.8, 4) is 0 Å². The molecule has 1 amide bonds. The molecule has 5 heteroatoms. The fourth-order valence-electron chi connectivity index (χ4n) is 2.92. The second kappa shape index (κ2) is 7.90. The minimum absolute atomic E-state index is 0.0110. The molecule has 3 rings (SSSR count). The van der Waals surface area contributed by atoms with Gasteiger partial charge >= 0.3 is 0 Å². The second-order valence-electron chi connectivity index (χ2n) is 6.09. The number of pyridine rings is 1. The van der Waals surface area contributed by atoms with Crippen LogP contribution in [0, 0.1) is 5.82 Å². The smallest absolute Gasteiger partial charge is 0.272 e. The fraction of sp³-hybridized carbons (Fsp3) is 0.368. The Kier molecular flexibility index (Phi) is 5.41. The monoisotopic (exact) mass is 327 g/mol. The molecule has 2 heterocycles. The van der Waals surface area contributed by atoms with Crippen molar-refractivity contribution in [3.63, 3.8) is 0 Å². The molecular weight excluding hydrogens is 305 g/mol. The number of benzene rings is 1. The highest BCUT2D eigenvalue weighted by Crippen LogP contribution is 2.15. The Bertz CT molecular complexity index is 681. The molecule has 24 heavy (non-hydrogen) atoms. The standard InChI is InChI=1S/C19H22FN3O/c20-16-6-4-15(5-7-16)8-10-21-17-9-11-22-18(14-17)19(24)23-12-2-1-3-13-23/h4-7,9,11,14H,1-3,8,10,12-13H2,(H,21,22). The second-order valence-corrected chi connectivity index (χ2v) is 6.09. The van der Waals surface area contributed by atoms with Crippen LogP contribution >= 0.6 is 0 Å². The number of rotatable bonds is 5. The zero-order valence-electron chi connectivity index (χ0n) is 13.7. The first kappa shape index (κ1) is 16.4. The van der Waals surface area contributed by atoms with Crippen LogP contribution in [0.4, 0.5) is 10.1 Å². The number of carbonyl (C=O) groups excluding carboxylic acids is 1. The van der Waals surface area contributed by atoms with E-state index in [1.165, 1.54) is 18.6 Å². The van der Waals surface area contributed by atoms with E-state index in [-0.39, 0.29) is 11.7 Å². The number of piperidine rings is 1. The lowest BCUT2D eigenvalue weighted by atomic mass is 10.1. The van der Waals surface area contributed by atoms with Gasteiger partial charge in [0.25, 0.3) is 5.91 Å². The van der Waals surface area contributed by atoms with E-state index in [0.717, 1.165) is 43.6 Å². The van der Waals surface area contributed by atoms with Crippen LogP contribution in [0.2, 0.25) is 0 Å². The first-order valence-corrected chi connectivity index (χ1v) is 8.46. The Morgan fingerprint density at radius 3 is 2.62 bits per heavy atom. The number of aromatic nitrogens is 1. The molecule has 1 saturated heterocycles. The summed E-state index contributed by atoms with van der Waals surface area (Å²) in [5.41, 5.74) is 2.44. The molecule has 1 aromatic heterocycles. The maximum Gasteiger partial charge on any atom is 0.272 e. The number of halogens is 1. The number of likely N-dealkylation sites (tertiary alicyclic amines) is 1. The van der Waals surface area contributed by atoms with Crippen molar-refractivity contribution in [2.45, 2.75) is 25.7 Å². The third kappa shape index (κ3) is 4.31. The predicted molar refractivity (Wildman–Crippen MR) is 92.6 cm³/mol. The molecule has 0 unspecified atom stereocenters. The van der Waals surface area contributed by atoms with E-state index < -0.39 is 0 Å². The zero-order valence-corrected chi connectivity index (χ0v) is 13.7. The molecule has 126 valence electrons. The summed E-state index contributed by atoms with van der Waals surface area (Å²) in [5, 5.41) is 3.30. The molecule has 1 aliphatic rings. The Labute approximate surface area is 141 Å². The number of hydrogen-bond donors (Lipinski definition) is 1. The van der Waals surface area contributed by atoms with E-state index in [9.17, 15) is 9.18 Å². The van der Waals surface area contributed by atoms with Gasteiger partial charge in [-0.3, -0.25) is 9.78 Å². The van der Waals surface area contributed by atoms with Crippen molar-refractivity contribution >= 4 is 11.6 Å². The third-order valence-corrected chi connectivity index (χ3v) is 4.28. The van der Waals surface area contributed by atoms with Crippen LogP contribution in [0.15, 0.2) is 42.6 Å². The number of hydrogen-bond acceptors (Lipinski definition) is 3. The van der Waals surface area contributed by atoms with E-state index in [2.05, 4.69) is 10.3 Å². The summed E-state index contributed by atoms with van der Waals surface area (Å²) in [7, 11) is 0. The molecule has 4 nitrogen and oxygen atoms in total. The van der Waals surface area contributed by atoms with Crippen LogP contribution in [-0.2, 0) is 6.42 Å². The van der Waals surface area contributed by atoms with E-state index >= 15 is 0 Å². The highest BCUT2D eigenvalue weighted by molar-refractivity contribution is 5.93. The van der Waals surface area contributed by atoms with E-state index in [4.69, 9.17) is 0 Å². The zero-order chi connectivity index (χ0) is 16.8. The van der Waals surface area contributed by atoms with Gasteiger partial charge in [0.05, 0.1) is 0 Å². The summed E-state index contributed by atoms with van der Waals surface area (Å²) in [5.74, 6) is -0.210. The van der Waals surface area contributed by atoms with Crippen LogP contribution in [0.5, 0.6) is 0 Å². The summed E-state index contributed by atoms with van der Waals surface area (Å²) in [6.07, 6.45) is 5.79. The van der Waals surface area contributed by atoms with Crippen molar-refractivity contribution in [1.82, 2.24) is 9.88 Å². The van der Waals surface area contributed by atoms with Crippen LogP contribution < -0.4 is 5.32 Å². The molecule has 0 radical (unpaired) electrons. The van der Waals surface area contributed by atoms with Gasteiger partial charge in [0.15, 0.2) is 0 Å².